The molecular weight excluding hydrogens is 236 g/mol. The van der Waals surface area contributed by atoms with Crippen molar-refractivity contribution in [3.63, 3.8) is 0 Å². The Bertz CT molecular complexity index is 390. The number of nitrogens with two attached hydrogens (primary N) is 1. The number of rotatable bonds is 5. The van der Waals surface area contributed by atoms with E-state index in [0.29, 0.717) is 0 Å². The maximum Gasteiger partial charge on any atom is 0.0572 e. The van der Waals surface area contributed by atoms with Gasteiger partial charge in [0, 0.05) is 26.2 Å². The number of nitrogens with zero attached hydrogens (tertiary/aromatic N) is 3. The molecule has 19 heavy (non-hydrogen) atoms. The molecule has 1 aromatic heterocycles. The molecule has 2 rings (SSSR count). The fourth-order valence-corrected chi connectivity index (χ4v) is 2.72. The highest BCUT2D eigenvalue weighted by molar-refractivity contribution is 5.44. The standard InChI is InChI=1S/C15H26N4/c1-4-14(16)15-6-5-13(9-17-15)19(3)11-12-7-8-18(2)10-12/h5-6,9,12,14H,4,7-8,10-11,16H2,1-3H3/t12?,14-/m0/s1. The first-order valence-electron chi connectivity index (χ1n) is 7.21. The van der Waals surface area contributed by atoms with E-state index in [9.17, 15) is 0 Å². The van der Waals surface area contributed by atoms with Crippen LogP contribution in [0.3, 0.4) is 0 Å². The molecule has 106 valence electrons. The molecular formula is C15H26N4. The van der Waals surface area contributed by atoms with Gasteiger partial charge in [0.05, 0.1) is 17.6 Å². The van der Waals surface area contributed by atoms with Crippen molar-refractivity contribution in [1.82, 2.24) is 9.88 Å². The minimum absolute atomic E-state index is 0.0582. The van der Waals surface area contributed by atoms with Crippen molar-refractivity contribution in [3.8, 4) is 0 Å². The van der Waals surface area contributed by atoms with Crippen LogP contribution in [-0.4, -0.2) is 43.6 Å². The van der Waals surface area contributed by atoms with Gasteiger partial charge in [0.1, 0.15) is 0 Å². The first-order chi connectivity index (χ1) is 9.10. The molecule has 0 spiro atoms. The Labute approximate surface area is 116 Å². The van der Waals surface area contributed by atoms with Crippen LogP contribution in [-0.2, 0) is 0 Å². The van der Waals surface area contributed by atoms with Crippen LogP contribution < -0.4 is 10.6 Å². The van der Waals surface area contributed by atoms with Crippen molar-refractivity contribution in [3.05, 3.63) is 24.0 Å². The Morgan fingerprint density at radius 1 is 1.53 bits per heavy atom. The third kappa shape index (κ3) is 3.67. The summed E-state index contributed by atoms with van der Waals surface area (Å²) >= 11 is 0. The summed E-state index contributed by atoms with van der Waals surface area (Å²) in [5.41, 5.74) is 8.15. The molecule has 2 atom stereocenters. The molecule has 0 amide bonds. The second-order valence-corrected chi connectivity index (χ2v) is 5.75. The van der Waals surface area contributed by atoms with E-state index in [1.54, 1.807) is 0 Å². The topological polar surface area (TPSA) is 45.4 Å². The molecule has 0 radical (unpaired) electrons. The average Bonchev–Trinajstić information content (AvgIpc) is 2.83. The molecule has 0 aromatic carbocycles. The zero-order chi connectivity index (χ0) is 13.8. The molecule has 2 N–H and O–H groups in total. The van der Waals surface area contributed by atoms with Crippen LogP contribution in [0.1, 0.15) is 31.5 Å². The van der Waals surface area contributed by atoms with Gasteiger partial charge in [-0.05, 0) is 44.5 Å². The molecule has 1 aliphatic rings. The number of anilines is 1. The number of aromatic nitrogens is 1. The van der Waals surface area contributed by atoms with Gasteiger partial charge in [-0.25, -0.2) is 0 Å². The van der Waals surface area contributed by atoms with Crippen molar-refractivity contribution in [2.45, 2.75) is 25.8 Å². The Morgan fingerprint density at radius 2 is 2.32 bits per heavy atom. The summed E-state index contributed by atoms with van der Waals surface area (Å²) < 4.78 is 0. The van der Waals surface area contributed by atoms with Gasteiger partial charge in [-0.15, -0.1) is 0 Å². The predicted octanol–water partition coefficient (Wildman–Crippen LogP) is 1.88. The highest BCUT2D eigenvalue weighted by atomic mass is 15.2. The number of likely N-dealkylation sites (tertiary alicyclic amines) is 1. The van der Waals surface area contributed by atoms with Gasteiger partial charge >= 0.3 is 0 Å². The lowest BCUT2D eigenvalue weighted by Gasteiger charge is -2.23. The van der Waals surface area contributed by atoms with E-state index in [1.165, 1.54) is 25.2 Å². The van der Waals surface area contributed by atoms with Gasteiger partial charge in [0.2, 0.25) is 0 Å². The lowest BCUT2D eigenvalue weighted by atomic mass is 10.1. The Kier molecular flexibility index (Phi) is 4.77. The van der Waals surface area contributed by atoms with Crippen LogP contribution >= 0.6 is 0 Å². The van der Waals surface area contributed by atoms with Gasteiger partial charge in [-0.3, -0.25) is 4.98 Å². The molecule has 2 heterocycles. The summed E-state index contributed by atoms with van der Waals surface area (Å²) in [6.45, 7) is 5.62. The molecule has 0 saturated carbocycles. The third-order valence-electron chi connectivity index (χ3n) is 4.05. The number of hydrogen-bond donors (Lipinski definition) is 1. The van der Waals surface area contributed by atoms with Crippen molar-refractivity contribution >= 4 is 5.69 Å². The minimum Gasteiger partial charge on any atom is -0.373 e. The Hall–Kier alpha value is -1.13. The lowest BCUT2D eigenvalue weighted by molar-refractivity contribution is 0.396. The van der Waals surface area contributed by atoms with E-state index in [4.69, 9.17) is 5.73 Å². The van der Waals surface area contributed by atoms with Gasteiger partial charge < -0.3 is 15.5 Å². The average molecular weight is 262 g/mol. The van der Waals surface area contributed by atoms with Gasteiger partial charge in [0.25, 0.3) is 0 Å². The second kappa shape index (κ2) is 6.35. The van der Waals surface area contributed by atoms with E-state index in [0.717, 1.165) is 24.6 Å². The first kappa shape index (κ1) is 14.3. The quantitative estimate of drug-likeness (QED) is 0.880. The predicted molar refractivity (Wildman–Crippen MR) is 80.3 cm³/mol. The maximum atomic E-state index is 5.99. The maximum absolute atomic E-state index is 5.99. The third-order valence-corrected chi connectivity index (χ3v) is 4.05. The first-order valence-corrected chi connectivity index (χ1v) is 7.21. The van der Waals surface area contributed by atoms with Gasteiger partial charge in [-0.2, -0.15) is 0 Å². The molecule has 1 aromatic rings. The summed E-state index contributed by atoms with van der Waals surface area (Å²) in [6.07, 6.45) is 4.17. The van der Waals surface area contributed by atoms with E-state index in [-0.39, 0.29) is 6.04 Å². The van der Waals surface area contributed by atoms with Crippen LogP contribution in [0.4, 0.5) is 5.69 Å². The summed E-state index contributed by atoms with van der Waals surface area (Å²) in [5.74, 6) is 0.771. The minimum atomic E-state index is 0.0582. The summed E-state index contributed by atoms with van der Waals surface area (Å²) in [7, 11) is 4.34. The van der Waals surface area contributed by atoms with Crippen LogP contribution in [0.2, 0.25) is 0 Å². The van der Waals surface area contributed by atoms with Gasteiger partial charge in [0.15, 0.2) is 0 Å². The van der Waals surface area contributed by atoms with Crippen LogP contribution in [0, 0.1) is 5.92 Å². The Morgan fingerprint density at radius 3 is 2.84 bits per heavy atom. The molecule has 0 aliphatic carbocycles. The molecule has 1 fully saturated rings. The monoisotopic (exact) mass is 262 g/mol. The largest absolute Gasteiger partial charge is 0.373 e. The highest BCUT2D eigenvalue weighted by Crippen LogP contribution is 2.20. The van der Waals surface area contributed by atoms with Crippen molar-refractivity contribution in [2.24, 2.45) is 11.7 Å². The van der Waals surface area contributed by atoms with Crippen molar-refractivity contribution in [1.29, 1.82) is 0 Å². The Balaban J connectivity index is 1.93. The number of pyridine rings is 1. The van der Waals surface area contributed by atoms with E-state index < -0.39 is 0 Å². The summed E-state index contributed by atoms with van der Waals surface area (Å²) in [4.78, 5) is 9.19. The summed E-state index contributed by atoms with van der Waals surface area (Å²) in [5, 5.41) is 0. The number of hydrogen-bond acceptors (Lipinski definition) is 4. The molecule has 0 bridgehead atoms. The zero-order valence-corrected chi connectivity index (χ0v) is 12.3. The lowest BCUT2D eigenvalue weighted by Crippen LogP contribution is -2.27. The molecule has 1 unspecified atom stereocenters. The fourth-order valence-electron chi connectivity index (χ4n) is 2.72. The SMILES string of the molecule is CC[C@H](N)c1ccc(N(C)CC2CCN(C)C2)cn1. The highest BCUT2D eigenvalue weighted by Gasteiger charge is 2.21. The normalized spacial score (nSPS) is 21.6. The van der Waals surface area contributed by atoms with Crippen LogP contribution in [0.25, 0.3) is 0 Å². The van der Waals surface area contributed by atoms with Crippen LogP contribution in [0.5, 0.6) is 0 Å². The fraction of sp³-hybridized carbons (Fsp3) is 0.667. The molecule has 4 nitrogen and oxygen atoms in total. The molecule has 1 aliphatic heterocycles. The van der Waals surface area contributed by atoms with E-state index in [2.05, 4.69) is 47.9 Å². The van der Waals surface area contributed by atoms with Crippen LogP contribution in [0.15, 0.2) is 18.3 Å². The smallest absolute Gasteiger partial charge is 0.0572 e. The molecule has 1 saturated heterocycles. The zero-order valence-electron chi connectivity index (χ0n) is 12.3. The molecule has 4 heteroatoms. The van der Waals surface area contributed by atoms with Crippen molar-refractivity contribution < 1.29 is 0 Å². The van der Waals surface area contributed by atoms with E-state index in [1.807, 2.05) is 6.20 Å². The van der Waals surface area contributed by atoms with Crippen molar-refractivity contribution in [2.75, 3.05) is 38.6 Å². The van der Waals surface area contributed by atoms with E-state index >= 15 is 0 Å². The summed E-state index contributed by atoms with van der Waals surface area (Å²) in [6, 6.07) is 4.25. The van der Waals surface area contributed by atoms with Gasteiger partial charge in [-0.1, -0.05) is 6.92 Å². The second-order valence-electron chi connectivity index (χ2n) is 5.75.